The van der Waals surface area contributed by atoms with Gasteiger partial charge in [0.15, 0.2) is 0 Å². The zero-order chi connectivity index (χ0) is 14.8. The van der Waals surface area contributed by atoms with Gasteiger partial charge in [-0.1, -0.05) is 18.2 Å². The van der Waals surface area contributed by atoms with Crippen LogP contribution in [-0.2, 0) is 24.2 Å². The van der Waals surface area contributed by atoms with Gasteiger partial charge >= 0.3 is 0 Å². The highest BCUT2D eigenvalue weighted by Gasteiger charge is 2.32. The summed E-state index contributed by atoms with van der Waals surface area (Å²) in [6, 6.07) is 6.69. The number of carbonyl (C=O) groups is 1. The molecule has 2 atom stereocenters. The maximum atomic E-state index is 12.3. The van der Waals surface area contributed by atoms with Crippen molar-refractivity contribution >= 4 is 5.91 Å². The minimum absolute atomic E-state index is 0.0716. The zero-order valence-corrected chi connectivity index (χ0v) is 12.8. The molecule has 1 aliphatic heterocycles. The van der Waals surface area contributed by atoms with Gasteiger partial charge in [-0.25, -0.2) is 0 Å². The Morgan fingerprint density at radius 1 is 1.33 bits per heavy atom. The predicted octanol–water partition coefficient (Wildman–Crippen LogP) is 1.21. The van der Waals surface area contributed by atoms with Crippen LogP contribution in [0.2, 0.25) is 0 Å². The van der Waals surface area contributed by atoms with Gasteiger partial charge in [0, 0.05) is 19.1 Å². The Morgan fingerprint density at radius 3 is 2.81 bits per heavy atom. The quantitative estimate of drug-likeness (QED) is 0.878. The maximum absolute atomic E-state index is 12.3. The molecule has 1 aromatic carbocycles. The SMILES string of the molecule is CN1C[C@@H](N)C[C@H]1C(=O)NCc1ccc2c(c1)CCCC2. The van der Waals surface area contributed by atoms with E-state index < -0.39 is 0 Å². The topological polar surface area (TPSA) is 58.4 Å². The fraction of sp³-hybridized carbons (Fsp3) is 0.588. The molecule has 21 heavy (non-hydrogen) atoms. The number of rotatable bonds is 3. The van der Waals surface area contributed by atoms with E-state index in [2.05, 4.69) is 23.5 Å². The van der Waals surface area contributed by atoms with Crippen LogP contribution in [0.3, 0.4) is 0 Å². The Hall–Kier alpha value is -1.39. The average Bonchev–Trinajstić information content (AvgIpc) is 2.83. The number of hydrogen-bond donors (Lipinski definition) is 2. The van der Waals surface area contributed by atoms with Crippen molar-refractivity contribution in [1.82, 2.24) is 10.2 Å². The summed E-state index contributed by atoms with van der Waals surface area (Å²) in [4.78, 5) is 14.3. The zero-order valence-electron chi connectivity index (χ0n) is 12.8. The molecule has 1 fully saturated rings. The number of hydrogen-bond acceptors (Lipinski definition) is 3. The van der Waals surface area contributed by atoms with Gasteiger partial charge in [0.25, 0.3) is 0 Å². The molecule has 4 nitrogen and oxygen atoms in total. The number of amides is 1. The lowest BCUT2D eigenvalue weighted by Crippen LogP contribution is -2.41. The van der Waals surface area contributed by atoms with Gasteiger partial charge in [-0.3, -0.25) is 9.69 Å². The van der Waals surface area contributed by atoms with Crippen LogP contribution in [-0.4, -0.2) is 36.5 Å². The van der Waals surface area contributed by atoms with Gasteiger partial charge in [0.2, 0.25) is 5.91 Å². The first kappa shape index (κ1) is 14.5. The molecule has 1 amide bonds. The highest BCUT2D eigenvalue weighted by Crippen LogP contribution is 2.22. The van der Waals surface area contributed by atoms with Crippen LogP contribution in [0.4, 0.5) is 0 Å². The smallest absolute Gasteiger partial charge is 0.237 e. The summed E-state index contributed by atoms with van der Waals surface area (Å²) < 4.78 is 0. The second-order valence-corrected chi connectivity index (χ2v) is 6.48. The highest BCUT2D eigenvalue weighted by molar-refractivity contribution is 5.82. The monoisotopic (exact) mass is 287 g/mol. The standard InChI is InChI=1S/C17H25N3O/c1-20-11-15(18)9-16(20)17(21)19-10-12-6-7-13-4-2-3-5-14(13)8-12/h6-8,15-16H,2-5,9-11,18H2,1H3,(H,19,21)/t15-,16-/m0/s1. The largest absolute Gasteiger partial charge is 0.351 e. The van der Waals surface area contributed by atoms with Crippen molar-refractivity contribution in [3.63, 3.8) is 0 Å². The van der Waals surface area contributed by atoms with Crippen LogP contribution >= 0.6 is 0 Å². The number of nitrogens with zero attached hydrogens (tertiary/aromatic N) is 1. The first-order valence-corrected chi connectivity index (χ1v) is 7.97. The van der Waals surface area contributed by atoms with E-state index in [4.69, 9.17) is 5.73 Å². The first-order valence-electron chi connectivity index (χ1n) is 7.97. The number of aryl methyl sites for hydroxylation is 2. The lowest BCUT2D eigenvalue weighted by Gasteiger charge is -2.19. The molecular formula is C17H25N3O. The highest BCUT2D eigenvalue weighted by atomic mass is 16.2. The molecule has 0 unspecified atom stereocenters. The summed E-state index contributed by atoms with van der Waals surface area (Å²) in [7, 11) is 1.97. The second kappa shape index (κ2) is 6.16. The summed E-state index contributed by atoms with van der Waals surface area (Å²) in [6.45, 7) is 1.42. The Balaban J connectivity index is 1.59. The summed E-state index contributed by atoms with van der Waals surface area (Å²) in [5.74, 6) is 0.100. The Bertz CT molecular complexity index is 529. The summed E-state index contributed by atoms with van der Waals surface area (Å²) >= 11 is 0. The normalized spacial score (nSPS) is 25.6. The molecule has 0 bridgehead atoms. The number of nitrogens with one attached hydrogen (secondary N) is 1. The Kier molecular flexibility index (Phi) is 4.27. The van der Waals surface area contributed by atoms with Gasteiger partial charge in [-0.2, -0.15) is 0 Å². The van der Waals surface area contributed by atoms with E-state index in [0.29, 0.717) is 6.54 Å². The molecule has 3 rings (SSSR count). The molecule has 1 aromatic rings. The van der Waals surface area contributed by atoms with E-state index in [1.165, 1.54) is 42.4 Å². The number of benzene rings is 1. The van der Waals surface area contributed by atoms with Crippen LogP contribution in [0.1, 0.15) is 36.0 Å². The van der Waals surface area contributed by atoms with Crippen molar-refractivity contribution in [3.8, 4) is 0 Å². The van der Waals surface area contributed by atoms with Crippen LogP contribution in [0.5, 0.6) is 0 Å². The van der Waals surface area contributed by atoms with E-state index >= 15 is 0 Å². The lowest BCUT2D eigenvalue weighted by atomic mass is 9.90. The van der Waals surface area contributed by atoms with Gasteiger partial charge < -0.3 is 11.1 Å². The second-order valence-electron chi connectivity index (χ2n) is 6.48. The van der Waals surface area contributed by atoms with Crippen LogP contribution in [0.15, 0.2) is 18.2 Å². The number of likely N-dealkylation sites (N-methyl/N-ethyl adjacent to an activating group) is 1. The summed E-state index contributed by atoms with van der Waals surface area (Å²) in [5, 5.41) is 3.06. The lowest BCUT2D eigenvalue weighted by molar-refractivity contribution is -0.125. The molecule has 0 radical (unpaired) electrons. The molecule has 3 N–H and O–H groups in total. The van der Waals surface area contributed by atoms with Crippen molar-refractivity contribution in [2.75, 3.05) is 13.6 Å². The molecule has 0 aromatic heterocycles. The predicted molar refractivity (Wildman–Crippen MR) is 83.9 cm³/mol. The number of carbonyl (C=O) groups excluding carboxylic acids is 1. The third-order valence-corrected chi connectivity index (χ3v) is 4.76. The van der Waals surface area contributed by atoms with Gasteiger partial charge in [-0.15, -0.1) is 0 Å². The maximum Gasteiger partial charge on any atom is 0.237 e. The van der Waals surface area contributed by atoms with Crippen molar-refractivity contribution < 1.29 is 4.79 Å². The van der Waals surface area contributed by atoms with Crippen molar-refractivity contribution in [2.24, 2.45) is 5.73 Å². The van der Waals surface area contributed by atoms with E-state index in [9.17, 15) is 4.79 Å². The van der Waals surface area contributed by atoms with Crippen molar-refractivity contribution in [1.29, 1.82) is 0 Å². The van der Waals surface area contributed by atoms with Gasteiger partial charge in [0.05, 0.1) is 6.04 Å². The fourth-order valence-corrected chi connectivity index (χ4v) is 3.55. The summed E-state index contributed by atoms with van der Waals surface area (Å²) in [6.07, 6.45) is 5.72. The van der Waals surface area contributed by atoms with Gasteiger partial charge in [-0.05, 0) is 55.8 Å². The summed E-state index contributed by atoms with van der Waals surface area (Å²) in [5.41, 5.74) is 10.1. The minimum Gasteiger partial charge on any atom is -0.351 e. The van der Waals surface area contributed by atoms with E-state index in [-0.39, 0.29) is 18.0 Å². The molecule has 1 saturated heterocycles. The fourth-order valence-electron chi connectivity index (χ4n) is 3.55. The molecule has 0 spiro atoms. The first-order chi connectivity index (χ1) is 10.1. The molecule has 2 aliphatic rings. The van der Waals surface area contributed by atoms with E-state index in [1.54, 1.807) is 0 Å². The molecule has 1 heterocycles. The molecule has 1 aliphatic carbocycles. The minimum atomic E-state index is -0.0716. The molecular weight excluding hydrogens is 262 g/mol. The number of nitrogens with two attached hydrogens (primary N) is 1. The third-order valence-electron chi connectivity index (χ3n) is 4.76. The molecule has 4 heteroatoms. The van der Waals surface area contributed by atoms with Gasteiger partial charge in [0.1, 0.15) is 0 Å². The van der Waals surface area contributed by atoms with E-state index in [1.807, 2.05) is 11.9 Å². The third kappa shape index (κ3) is 3.27. The molecule has 114 valence electrons. The Morgan fingerprint density at radius 2 is 2.10 bits per heavy atom. The van der Waals surface area contributed by atoms with E-state index in [0.717, 1.165) is 13.0 Å². The molecule has 0 saturated carbocycles. The van der Waals surface area contributed by atoms with Crippen LogP contribution < -0.4 is 11.1 Å². The number of likely N-dealkylation sites (tertiary alicyclic amines) is 1. The Labute approximate surface area is 126 Å². The average molecular weight is 287 g/mol. The van der Waals surface area contributed by atoms with Crippen LogP contribution in [0, 0.1) is 0 Å². The van der Waals surface area contributed by atoms with Crippen molar-refractivity contribution in [2.45, 2.75) is 50.7 Å². The number of fused-ring (bicyclic) bond motifs is 1. The van der Waals surface area contributed by atoms with Crippen molar-refractivity contribution in [3.05, 3.63) is 34.9 Å². The van der Waals surface area contributed by atoms with Crippen LogP contribution in [0.25, 0.3) is 0 Å².